The summed E-state index contributed by atoms with van der Waals surface area (Å²) in [6.07, 6.45) is 1.39. The lowest BCUT2D eigenvalue weighted by atomic mass is 10.1. The minimum atomic E-state index is -0.937. The van der Waals surface area contributed by atoms with Gasteiger partial charge in [0.1, 0.15) is 17.9 Å². The Morgan fingerprint density at radius 3 is 2.75 bits per heavy atom. The Balaban J connectivity index is 1.70. The van der Waals surface area contributed by atoms with E-state index >= 15 is 0 Å². The first kappa shape index (κ1) is 12.2. The molecule has 1 heterocycles. The second-order valence-electron chi connectivity index (χ2n) is 4.27. The maximum Gasteiger partial charge on any atom is 0.335 e. The summed E-state index contributed by atoms with van der Waals surface area (Å²) in [5, 5.41) is 8.82. The summed E-state index contributed by atoms with van der Waals surface area (Å²) >= 11 is 0. The van der Waals surface area contributed by atoms with Gasteiger partial charge in [-0.2, -0.15) is 0 Å². The molecule has 3 rings (SSSR count). The van der Waals surface area contributed by atoms with Gasteiger partial charge in [0.05, 0.1) is 5.56 Å². The third-order valence-corrected chi connectivity index (χ3v) is 2.91. The minimum absolute atomic E-state index is 0.261. The molecule has 0 bridgehead atoms. The van der Waals surface area contributed by atoms with Gasteiger partial charge in [-0.3, -0.25) is 0 Å². The van der Waals surface area contributed by atoms with Crippen LogP contribution in [-0.2, 0) is 6.61 Å². The number of nitrogens with zero attached hydrogens (tertiary/aromatic N) is 1. The van der Waals surface area contributed by atoms with Crippen molar-refractivity contribution < 1.29 is 19.1 Å². The predicted octanol–water partition coefficient (Wildman–Crippen LogP) is 3.11. The molecule has 0 amide bonds. The van der Waals surface area contributed by atoms with Gasteiger partial charge in [-0.05, 0) is 29.8 Å². The van der Waals surface area contributed by atoms with Crippen molar-refractivity contribution in [3.63, 3.8) is 0 Å². The summed E-state index contributed by atoms with van der Waals surface area (Å²) in [5.41, 5.74) is 2.61. The number of benzene rings is 2. The number of aromatic carboxylic acids is 1. The molecular weight excluding hydrogens is 258 g/mol. The van der Waals surface area contributed by atoms with Crippen LogP contribution < -0.4 is 4.74 Å². The predicted molar refractivity (Wildman–Crippen MR) is 71.7 cm³/mol. The highest BCUT2D eigenvalue weighted by Crippen LogP contribution is 2.20. The zero-order chi connectivity index (χ0) is 13.9. The van der Waals surface area contributed by atoms with E-state index in [1.54, 1.807) is 30.3 Å². The number of carboxylic acid groups (broad SMARTS) is 1. The zero-order valence-electron chi connectivity index (χ0n) is 10.4. The van der Waals surface area contributed by atoms with E-state index in [0.717, 1.165) is 11.1 Å². The van der Waals surface area contributed by atoms with Gasteiger partial charge in [0, 0.05) is 6.07 Å². The molecule has 0 fully saturated rings. The molecule has 0 aliphatic rings. The molecular formula is C15H11NO4. The fourth-order valence-corrected chi connectivity index (χ4v) is 1.84. The highest BCUT2D eigenvalue weighted by Gasteiger charge is 2.04. The third-order valence-electron chi connectivity index (χ3n) is 2.91. The van der Waals surface area contributed by atoms with Crippen LogP contribution in [0.15, 0.2) is 53.3 Å². The van der Waals surface area contributed by atoms with Crippen LogP contribution in [0.25, 0.3) is 11.1 Å². The third kappa shape index (κ3) is 2.47. The molecule has 5 nitrogen and oxygen atoms in total. The second-order valence-corrected chi connectivity index (χ2v) is 4.27. The Bertz CT molecular complexity index is 746. The zero-order valence-corrected chi connectivity index (χ0v) is 10.4. The number of carboxylic acids is 1. The number of oxazole rings is 1. The monoisotopic (exact) mass is 269 g/mol. The van der Waals surface area contributed by atoms with Gasteiger partial charge < -0.3 is 14.3 Å². The van der Waals surface area contributed by atoms with Gasteiger partial charge in [0.15, 0.2) is 12.0 Å². The molecule has 0 unspecified atom stereocenters. The van der Waals surface area contributed by atoms with E-state index in [4.69, 9.17) is 14.3 Å². The van der Waals surface area contributed by atoms with E-state index in [1.165, 1.54) is 6.39 Å². The normalized spacial score (nSPS) is 10.6. The standard InChI is InChI=1S/C15H11NO4/c17-15(18)11-3-1-10(2-4-11)8-19-12-5-6-13-14(7-12)20-9-16-13/h1-7,9H,8H2,(H,17,18). The molecule has 3 aromatic rings. The number of carbonyl (C=O) groups is 1. The van der Waals surface area contributed by atoms with Crippen LogP contribution >= 0.6 is 0 Å². The summed E-state index contributed by atoms with van der Waals surface area (Å²) in [4.78, 5) is 14.8. The topological polar surface area (TPSA) is 72.6 Å². The molecule has 1 N–H and O–H groups in total. The van der Waals surface area contributed by atoms with Crippen LogP contribution in [0.3, 0.4) is 0 Å². The number of fused-ring (bicyclic) bond motifs is 1. The first-order valence-electron chi connectivity index (χ1n) is 6.01. The Hall–Kier alpha value is -2.82. The van der Waals surface area contributed by atoms with E-state index < -0.39 is 5.97 Å². The first-order valence-corrected chi connectivity index (χ1v) is 6.01. The van der Waals surface area contributed by atoms with Crippen molar-refractivity contribution in [1.29, 1.82) is 0 Å². The molecule has 5 heteroatoms. The summed E-state index contributed by atoms with van der Waals surface area (Å²) in [5.74, 6) is -0.259. The van der Waals surface area contributed by atoms with E-state index in [2.05, 4.69) is 4.98 Å². The van der Waals surface area contributed by atoms with Crippen molar-refractivity contribution in [2.75, 3.05) is 0 Å². The number of rotatable bonds is 4. The summed E-state index contributed by atoms with van der Waals surface area (Å²) in [6, 6.07) is 12.0. The Labute approximate surface area is 114 Å². The van der Waals surface area contributed by atoms with Crippen molar-refractivity contribution in [2.24, 2.45) is 0 Å². The molecule has 0 aliphatic heterocycles. The SMILES string of the molecule is O=C(O)c1ccc(COc2ccc3ncoc3c2)cc1. The summed E-state index contributed by atoms with van der Waals surface area (Å²) in [6.45, 7) is 0.361. The van der Waals surface area contributed by atoms with Crippen molar-refractivity contribution in [3.05, 3.63) is 60.0 Å². The van der Waals surface area contributed by atoms with Gasteiger partial charge >= 0.3 is 5.97 Å². The van der Waals surface area contributed by atoms with Crippen molar-refractivity contribution >= 4 is 17.1 Å². The number of ether oxygens (including phenoxy) is 1. The highest BCUT2D eigenvalue weighted by atomic mass is 16.5. The molecule has 1 aromatic heterocycles. The molecule has 2 aromatic carbocycles. The van der Waals surface area contributed by atoms with Crippen LogP contribution in [0.4, 0.5) is 0 Å². The molecule has 0 atom stereocenters. The maximum absolute atomic E-state index is 10.7. The summed E-state index contributed by atoms with van der Waals surface area (Å²) < 4.78 is 10.8. The Morgan fingerprint density at radius 2 is 2.00 bits per heavy atom. The Morgan fingerprint density at radius 1 is 1.20 bits per heavy atom. The van der Waals surface area contributed by atoms with Gasteiger partial charge in [0.2, 0.25) is 0 Å². The fourth-order valence-electron chi connectivity index (χ4n) is 1.84. The van der Waals surface area contributed by atoms with Crippen LogP contribution in [0, 0.1) is 0 Å². The smallest absolute Gasteiger partial charge is 0.335 e. The molecule has 100 valence electrons. The summed E-state index contributed by atoms with van der Waals surface area (Å²) in [7, 11) is 0. The van der Waals surface area contributed by atoms with E-state index in [1.807, 2.05) is 12.1 Å². The van der Waals surface area contributed by atoms with Gasteiger partial charge in [-0.1, -0.05) is 12.1 Å². The number of hydrogen-bond donors (Lipinski definition) is 1. The maximum atomic E-state index is 10.7. The van der Waals surface area contributed by atoms with Crippen molar-refractivity contribution in [1.82, 2.24) is 4.98 Å². The quantitative estimate of drug-likeness (QED) is 0.787. The highest BCUT2D eigenvalue weighted by molar-refractivity contribution is 5.87. The molecule has 0 saturated heterocycles. The van der Waals surface area contributed by atoms with E-state index in [-0.39, 0.29) is 5.56 Å². The van der Waals surface area contributed by atoms with Crippen LogP contribution in [-0.4, -0.2) is 16.1 Å². The van der Waals surface area contributed by atoms with Gasteiger partial charge in [0.25, 0.3) is 0 Å². The first-order chi connectivity index (χ1) is 9.72. The largest absolute Gasteiger partial charge is 0.489 e. The molecule has 20 heavy (non-hydrogen) atoms. The second kappa shape index (κ2) is 5.05. The molecule has 0 aliphatic carbocycles. The minimum Gasteiger partial charge on any atom is -0.489 e. The van der Waals surface area contributed by atoms with Crippen molar-refractivity contribution in [3.8, 4) is 5.75 Å². The van der Waals surface area contributed by atoms with E-state index in [0.29, 0.717) is 17.9 Å². The average Bonchev–Trinajstić information content (AvgIpc) is 2.93. The lowest BCUT2D eigenvalue weighted by molar-refractivity contribution is 0.0697. The fraction of sp³-hybridized carbons (Fsp3) is 0.0667. The van der Waals surface area contributed by atoms with Gasteiger partial charge in [-0.25, -0.2) is 9.78 Å². The molecule has 0 radical (unpaired) electrons. The lowest BCUT2D eigenvalue weighted by Gasteiger charge is -2.06. The van der Waals surface area contributed by atoms with Gasteiger partial charge in [-0.15, -0.1) is 0 Å². The van der Waals surface area contributed by atoms with Crippen LogP contribution in [0.1, 0.15) is 15.9 Å². The number of aromatic nitrogens is 1. The lowest BCUT2D eigenvalue weighted by Crippen LogP contribution is -1.98. The molecule has 0 saturated carbocycles. The van der Waals surface area contributed by atoms with Crippen LogP contribution in [0.2, 0.25) is 0 Å². The Kier molecular flexibility index (Phi) is 3.09. The molecule has 0 spiro atoms. The van der Waals surface area contributed by atoms with Crippen LogP contribution in [0.5, 0.6) is 5.75 Å². The van der Waals surface area contributed by atoms with Crippen molar-refractivity contribution in [2.45, 2.75) is 6.61 Å². The van der Waals surface area contributed by atoms with E-state index in [9.17, 15) is 4.79 Å². The number of hydrogen-bond acceptors (Lipinski definition) is 4. The average molecular weight is 269 g/mol.